The smallest absolute Gasteiger partial charge is 0.271 e. The van der Waals surface area contributed by atoms with E-state index in [0.29, 0.717) is 21.6 Å². The van der Waals surface area contributed by atoms with Crippen LogP contribution in [0, 0.1) is 13.8 Å². The van der Waals surface area contributed by atoms with Crippen LogP contribution in [0.15, 0.2) is 62.5 Å². The van der Waals surface area contributed by atoms with Gasteiger partial charge in [-0.1, -0.05) is 0 Å². The van der Waals surface area contributed by atoms with E-state index < -0.39 is 0 Å². The number of pyridine rings is 1. The maximum atomic E-state index is 11.8. The molecule has 25 heavy (non-hydrogen) atoms. The van der Waals surface area contributed by atoms with Gasteiger partial charge in [0.15, 0.2) is 10.2 Å². The van der Waals surface area contributed by atoms with Gasteiger partial charge >= 0.3 is 0 Å². The monoisotopic (exact) mass is 353 g/mol. The summed E-state index contributed by atoms with van der Waals surface area (Å²) in [6.07, 6.45) is 4.53. The molecule has 0 aliphatic heterocycles. The third kappa shape index (κ3) is 4.74. The summed E-state index contributed by atoms with van der Waals surface area (Å²) in [6, 6.07) is 8.69. The van der Waals surface area contributed by atoms with E-state index in [-0.39, 0.29) is 5.91 Å². The van der Waals surface area contributed by atoms with Crippen LogP contribution in [0.2, 0.25) is 0 Å². The number of carbonyl (C=O) groups excluding carboxylic acids is 1. The Kier molecular flexibility index (Phi) is 5.20. The Morgan fingerprint density at radius 3 is 2.60 bits per heavy atom. The van der Waals surface area contributed by atoms with Crippen molar-refractivity contribution in [2.75, 3.05) is 0 Å². The highest BCUT2D eigenvalue weighted by atomic mass is 32.2. The average Bonchev–Trinajstić information content (AvgIpc) is 3.02. The Bertz CT molecular complexity index is 888. The molecule has 0 aromatic carbocycles. The molecule has 0 atom stereocenters. The van der Waals surface area contributed by atoms with E-state index in [4.69, 9.17) is 4.42 Å². The summed E-state index contributed by atoms with van der Waals surface area (Å²) < 4.78 is 5.63. The first kappa shape index (κ1) is 16.8. The minimum absolute atomic E-state index is 0.316. The highest BCUT2D eigenvalue weighted by Gasteiger charge is 2.07. The van der Waals surface area contributed by atoms with Crippen molar-refractivity contribution in [1.82, 2.24) is 20.4 Å². The van der Waals surface area contributed by atoms with Crippen molar-refractivity contribution >= 4 is 23.9 Å². The third-order valence-corrected chi connectivity index (χ3v) is 3.84. The molecular weight excluding hydrogens is 338 g/mol. The van der Waals surface area contributed by atoms with Gasteiger partial charge < -0.3 is 4.42 Å². The second kappa shape index (κ2) is 7.71. The van der Waals surface area contributed by atoms with E-state index >= 15 is 0 Å². The number of furan rings is 1. The average molecular weight is 353 g/mol. The maximum absolute atomic E-state index is 11.8. The number of amides is 1. The molecule has 0 aliphatic carbocycles. The molecule has 8 heteroatoms. The summed E-state index contributed by atoms with van der Waals surface area (Å²) in [5.74, 6) is 0.199. The molecule has 0 bridgehead atoms. The fourth-order valence-electron chi connectivity index (χ4n) is 2.01. The predicted molar refractivity (Wildman–Crippen MR) is 93.6 cm³/mol. The van der Waals surface area contributed by atoms with Crippen molar-refractivity contribution < 1.29 is 9.21 Å². The van der Waals surface area contributed by atoms with Crippen LogP contribution in [0.4, 0.5) is 0 Å². The number of aryl methyl sites for hydroxylation is 2. The number of nitrogens with one attached hydrogen (secondary N) is 1. The highest BCUT2D eigenvalue weighted by molar-refractivity contribution is 7.99. The van der Waals surface area contributed by atoms with Crippen molar-refractivity contribution in [2.45, 2.75) is 24.1 Å². The van der Waals surface area contributed by atoms with Gasteiger partial charge in [-0.25, -0.2) is 15.4 Å². The number of hydrogen-bond donors (Lipinski definition) is 1. The summed E-state index contributed by atoms with van der Waals surface area (Å²) >= 11 is 1.33. The van der Waals surface area contributed by atoms with Crippen molar-refractivity contribution in [3.63, 3.8) is 0 Å². The Labute approximate surface area is 148 Å². The van der Waals surface area contributed by atoms with Gasteiger partial charge in [0, 0.05) is 29.3 Å². The Balaban J connectivity index is 1.60. The van der Waals surface area contributed by atoms with E-state index in [1.807, 2.05) is 19.9 Å². The number of carbonyl (C=O) groups is 1. The van der Waals surface area contributed by atoms with Gasteiger partial charge in [-0.2, -0.15) is 5.10 Å². The zero-order valence-corrected chi connectivity index (χ0v) is 14.4. The molecule has 0 radical (unpaired) electrons. The molecule has 0 fully saturated rings. The Morgan fingerprint density at radius 2 is 1.88 bits per heavy atom. The Morgan fingerprint density at radius 1 is 1.16 bits per heavy atom. The van der Waals surface area contributed by atoms with E-state index in [0.717, 1.165) is 11.4 Å². The fourth-order valence-corrected chi connectivity index (χ4v) is 2.84. The number of hydrogen-bond acceptors (Lipinski definition) is 7. The number of aromatic nitrogens is 3. The van der Waals surface area contributed by atoms with Gasteiger partial charge in [0.05, 0.1) is 6.21 Å². The van der Waals surface area contributed by atoms with E-state index in [9.17, 15) is 4.79 Å². The molecule has 3 heterocycles. The van der Waals surface area contributed by atoms with Gasteiger partial charge in [-0.05, 0) is 55.9 Å². The summed E-state index contributed by atoms with van der Waals surface area (Å²) in [5.41, 5.74) is 4.72. The first-order chi connectivity index (χ1) is 12.1. The lowest BCUT2D eigenvalue weighted by atomic mass is 10.3. The normalized spacial score (nSPS) is 11.0. The van der Waals surface area contributed by atoms with Gasteiger partial charge in [0.25, 0.3) is 5.91 Å². The van der Waals surface area contributed by atoms with Crippen LogP contribution in [0.1, 0.15) is 27.5 Å². The standard InChI is InChI=1S/C17H15N5O2S/c1-11-9-12(2)21-17(20-11)25-15-4-3-14(24-15)10-19-22-16(23)13-5-7-18-8-6-13/h3-10H,1-2H3,(H,22,23)/b19-10-. The molecule has 1 amide bonds. The van der Waals surface area contributed by atoms with Crippen LogP contribution < -0.4 is 5.43 Å². The van der Waals surface area contributed by atoms with Gasteiger partial charge in [0.2, 0.25) is 0 Å². The van der Waals surface area contributed by atoms with Crippen LogP contribution in [0.5, 0.6) is 0 Å². The molecule has 3 rings (SSSR count). The molecule has 7 nitrogen and oxygen atoms in total. The third-order valence-electron chi connectivity index (χ3n) is 3.06. The van der Waals surface area contributed by atoms with Crippen LogP contribution in [-0.2, 0) is 0 Å². The largest absolute Gasteiger partial charge is 0.448 e. The zero-order valence-electron chi connectivity index (χ0n) is 13.6. The molecule has 0 spiro atoms. The zero-order chi connectivity index (χ0) is 17.6. The fraction of sp³-hybridized carbons (Fsp3) is 0.118. The van der Waals surface area contributed by atoms with Crippen LogP contribution in [0.3, 0.4) is 0 Å². The molecule has 0 aliphatic rings. The predicted octanol–water partition coefficient (Wildman–Crippen LogP) is 3.00. The van der Waals surface area contributed by atoms with Crippen LogP contribution in [-0.4, -0.2) is 27.1 Å². The summed E-state index contributed by atoms with van der Waals surface area (Å²) in [5, 5.41) is 5.16. The molecule has 1 N–H and O–H groups in total. The van der Waals surface area contributed by atoms with Crippen molar-refractivity contribution in [1.29, 1.82) is 0 Å². The second-order valence-electron chi connectivity index (χ2n) is 5.13. The highest BCUT2D eigenvalue weighted by Crippen LogP contribution is 2.26. The van der Waals surface area contributed by atoms with E-state index in [1.165, 1.54) is 18.0 Å². The quantitative estimate of drug-likeness (QED) is 0.430. The van der Waals surface area contributed by atoms with Crippen molar-refractivity contribution in [2.24, 2.45) is 5.10 Å². The van der Waals surface area contributed by atoms with Crippen LogP contribution in [0.25, 0.3) is 0 Å². The lowest BCUT2D eigenvalue weighted by Crippen LogP contribution is -2.17. The molecule has 3 aromatic rings. The van der Waals surface area contributed by atoms with Crippen LogP contribution >= 0.6 is 11.8 Å². The Hall–Kier alpha value is -3.00. The molecule has 0 saturated carbocycles. The van der Waals surface area contributed by atoms with Gasteiger partial charge in [-0.15, -0.1) is 0 Å². The van der Waals surface area contributed by atoms with Crippen molar-refractivity contribution in [3.8, 4) is 0 Å². The molecule has 0 unspecified atom stereocenters. The van der Waals surface area contributed by atoms with Gasteiger partial charge in [-0.3, -0.25) is 9.78 Å². The summed E-state index contributed by atoms with van der Waals surface area (Å²) in [6.45, 7) is 3.84. The topological polar surface area (TPSA) is 93.3 Å². The first-order valence-corrected chi connectivity index (χ1v) is 8.25. The van der Waals surface area contributed by atoms with Crippen molar-refractivity contribution in [3.05, 3.63) is 65.4 Å². The molecule has 126 valence electrons. The SMILES string of the molecule is Cc1cc(C)nc(Sc2ccc(/C=N\NC(=O)c3ccncc3)o2)n1. The minimum atomic E-state index is -0.316. The number of rotatable bonds is 5. The summed E-state index contributed by atoms with van der Waals surface area (Å²) in [4.78, 5) is 24.4. The molecule has 3 aromatic heterocycles. The lowest BCUT2D eigenvalue weighted by molar-refractivity contribution is 0.0955. The second-order valence-corrected chi connectivity index (χ2v) is 6.10. The first-order valence-electron chi connectivity index (χ1n) is 7.43. The molecular formula is C17H15N5O2S. The van der Waals surface area contributed by atoms with E-state index in [2.05, 4.69) is 25.5 Å². The maximum Gasteiger partial charge on any atom is 0.271 e. The number of hydrazone groups is 1. The van der Waals surface area contributed by atoms with Gasteiger partial charge in [0.1, 0.15) is 5.76 Å². The van der Waals surface area contributed by atoms with E-state index in [1.54, 1.807) is 36.7 Å². The molecule has 0 saturated heterocycles. The minimum Gasteiger partial charge on any atom is -0.448 e. The summed E-state index contributed by atoms with van der Waals surface area (Å²) in [7, 11) is 0. The lowest BCUT2D eigenvalue weighted by Gasteiger charge is -2.00. The number of nitrogens with zero attached hydrogens (tertiary/aromatic N) is 4.